The molecule has 2 N–H and O–H groups in total. The highest BCUT2D eigenvalue weighted by Crippen LogP contribution is 2.24. The Morgan fingerprint density at radius 2 is 1.64 bits per heavy atom. The average molecular weight is 397 g/mol. The van der Waals surface area contributed by atoms with Crippen LogP contribution >= 0.6 is 0 Å². The minimum Gasteiger partial charge on any atom is -0.368 e. The quantitative estimate of drug-likeness (QED) is 0.612. The molecule has 2 aromatic carbocycles. The molecule has 0 unspecified atom stereocenters. The number of hydrogen-bond donors (Lipinski definition) is 2. The molecule has 3 rings (SSSR count). The number of benzene rings is 2. The second-order valence-electron chi connectivity index (χ2n) is 6.68. The van der Waals surface area contributed by atoms with Crippen molar-refractivity contribution in [3.63, 3.8) is 0 Å². The van der Waals surface area contributed by atoms with Crippen LogP contribution in [0, 0.1) is 0 Å². The van der Waals surface area contributed by atoms with Gasteiger partial charge in [-0.15, -0.1) is 0 Å². The molecule has 0 atom stereocenters. The second-order valence-corrected chi connectivity index (χ2v) is 8.96. The lowest BCUT2D eigenvalue weighted by molar-refractivity contribution is 0.597. The van der Waals surface area contributed by atoms with Gasteiger partial charge in [0.2, 0.25) is 0 Å². The van der Waals surface area contributed by atoms with Gasteiger partial charge in [0.1, 0.15) is 11.6 Å². The fourth-order valence-electron chi connectivity index (χ4n) is 2.68. The van der Waals surface area contributed by atoms with Crippen LogP contribution in [-0.4, -0.2) is 30.2 Å². The van der Waals surface area contributed by atoms with Crippen LogP contribution in [0.15, 0.2) is 65.6 Å². The zero-order valence-corrected chi connectivity index (χ0v) is 17.0. The number of anilines is 3. The van der Waals surface area contributed by atoms with Gasteiger partial charge >= 0.3 is 0 Å². The SMILES string of the molecule is CCS(=O)(=O)c1cccc(Nc2cc(NC(C)C)nc(-c3ccccc3)n2)c1. The molecule has 0 spiro atoms. The molecule has 1 aromatic heterocycles. The lowest BCUT2D eigenvalue weighted by atomic mass is 10.2. The zero-order valence-electron chi connectivity index (χ0n) is 16.2. The summed E-state index contributed by atoms with van der Waals surface area (Å²) < 4.78 is 24.3. The molecule has 0 aliphatic heterocycles. The van der Waals surface area contributed by atoms with E-state index in [1.807, 2.05) is 56.3 Å². The molecule has 146 valence electrons. The maximum absolute atomic E-state index is 12.2. The van der Waals surface area contributed by atoms with Crippen LogP contribution in [0.2, 0.25) is 0 Å². The summed E-state index contributed by atoms with van der Waals surface area (Å²) in [5, 5.41) is 6.51. The number of rotatable bonds is 7. The number of nitrogens with zero attached hydrogens (tertiary/aromatic N) is 2. The molecule has 28 heavy (non-hydrogen) atoms. The van der Waals surface area contributed by atoms with Crippen LogP contribution in [0.25, 0.3) is 11.4 Å². The highest BCUT2D eigenvalue weighted by Gasteiger charge is 2.13. The Labute approximate surface area is 166 Å². The van der Waals surface area contributed by atoms with Gasteiger partial charge in [-0.1, -0.05) is 43.3 Å². The van der Waals surface area contributed by atoms with E-state index in [1.165, 1.54) is 0 Å². The van der Waals surface area contributed by atoms with E-state index in [9.17, 15) is 8.42 Å². The Kier molecular flexibility index (Phi) is 5.94. The van der Waals surface area contributed by atoms with Crippen molar-refractivity contribution >= 4 is 27.2 Å². The average Bonchev–Trinajstić information content (AvgIpc) is 2.68. The number of nitrogens with one attached hydrogen (secondary N) is 2. The molecule has 0 saturated heterocycles. The van der Waals surface area contributed by atoms with E-state index in [-0.39, 0.29) is 16.7 Å². The van der Waals surface area contributed by atoms with Gasteiger partial charge in [-0.2, -0.15) is 0 Å². The number of sulfone groups is 1. The van der Waals surface area contributed by atoms with Crippen molar-refractivity contribution in [3.05, 3.63) is 60.7 Å². The molecule has 6 nitrogen and oxygen atoms in total. The van der Waals surface area contributed by atoms with Crippen molar-refractivity contribution in [2.24, 2.45) is 0 Å². The standard InChI is InChI=1S/C21H24N4O2S/c1-4-28(26,27)18-12-8-11-17(13-18)23-20-14-19(22-15(2)3)24-21(25-20)16-9-6-5-7-10-16/h5-15H,4H2,1-3H3,(H2,22,23,24,25). The molecular weight excluding hydrogens is 372 g/mol. The van der Waals surface area contributed by atoms with Crippen LogP contribution in [0.3, 0.4) is 0 Å². The van der Waals surface area contributed by atoms with E-state index in [0.717, 1.165) is 5.56 Å². The van der Waals surface area contributed by atoms with Crippen LogP contribution in [0.5, 0.6) is 0 Å². The van der Waals surface area contributed by atoms with E-state index >= 15 is 0 Å². The fourth-order valence-corrected chi connectivity index (χ4v) is 3.60. The number of aromatic nitrogens is 2. The summed E-state index contributed by atoms with van der Waals surface area (Å²) in [7, 11) is -3.27. The summed E-state index contributed by atoms with van der Waals surface area (Å²) in [5.74, 6) is 1.93. The molecule has 0 bridgehead atoms. The van der Waals surface area contributed by atoms with Crippen molar-refractivity contribution in [3.8, 4) is 11.4 Å². The monoisotopic (exact) mass is 396 g/mol. The van der Waals surface area contributed by atoms with Crippen molar-refractivity contribution in [2.75, 3.05) is 16.4 Å². The molecule has 7 heteroatoms. The van der Waals surface area contributed by atoms with Crippen molar-refractivity contribution in [1.29, 1.82) is 0 Å². The van der Waals surface area contributed by atoms with Gasteiger partial charge in [-0.25, -0.2) is 18.4 Å². The topological polar surface area (TPSA) is 84.0 Å². The predicted molar refractivity (Wildman–Crippen MR) is 114 cm³/mol. The van der Waals surface area contributed by atoms with Gasteiger partial charge in [0.25, 0.3) is 0 Å². The first-order valence-electron chi connectivity index (χ1n) is 9.18. The van der Waals surface area contributed by atoms with Crippen molar-refractivity contribution < 1.29 is 8.42 Å². The van der Waals surface area contributed by atoms with Gasteiger partial charge in [-0.3, -0.25) is 0 Å². The molecule has 0 fully saturated rings. The van der Waals surface area contributed by atoms with Crippen LogP contribution in [-0.2, 0) is 9.84 Å². The van der Waals surface area contributed by atoms with E-state index in [0.29, 0.717) is 23.1 Å². The molecular formula is C21H24N4O2S. The normalized spacial score (nSPS) is 11.4. The highest BCUT2D eigenvalue weighted by atomic mass is 32.2. The molecule has 0 aliphatic rings. The third kappa shape index (κ3) is 4.86. The second kappa shape index (κ2) is 8.39. The number of hydrogen-bond acceptors (Lipinski definition) is 6. The minimum atomic E-state index is -3.27. The highest BCUT2D eigenvalue weighted by molar-refractivity contribution is 7.91. The van der Waals surface area contributed by atoms with Crippen molar-refractivity contribution in [2.45, 2.75) is 31.7 Å². The smallest absolute Gasteiger partial charge is 0.178 e. The maximum atomic E-state index is 12.2. The Bertz CT molecular complexity index is 1050. The van der Waals surface area contributed by atoms with Gasteiger partial charge in [0, 0.05) is 23.4 Å². The lowest BCUT2D eigenvalue weighted by Crippen LogP contribution is -2.12. The largest absolute Gasteiger partial charge is 0.368 e. The predicted octanol–water partition coefficient (Wildman–Crippen LogP) is 4.50. The van der Waals surface area contributed by atoms with E-state index in [1.54, 1.807) is 25.1 Å². The van der Waals surface area contributed by atoms with Crippen LogP contribution in [0.1, 0.15) is 20.8 Å². The van der Waals surface area contributed by atoms with Crippen LogP contribution < -0.4 is 10.6 Å². The molecule has 3 aromatic rings. The first kappa shape index (κ1) is 19.8. The van der Waals surface area contributed by atoms with Crippen LogP contribution in [0.4, 0.5) is 17.3 Å². The van der Waals surface area contributed by atoms with Gasteiger partial charge in [0.15, 0.2) is 15.7 Å². The Balaban J connectivity index is 1.98. The van der Waals surface area contributed by atoms with Gasteiger partial charge in [0.05, 0.1) is 10.6 Å². The fraction of sp³-hybridized carbons (Fsp3) is 0.238. The Morgan fingerprint density at radius 1 is 0.929 bits per heavy atom. The van der Waals surface area contributed by atoms with Gasteiger partial charge < -0.3 is 10.6 Å². The lowest BCUT2D eigenvalue weighted by Gasteiger charge is -2.14. The van der Waals surface area contributed by atoms with E-state index in [4.69, 9.17) is 0 Å². The maximum Gasteiger partial charge on any atom is 0.178 e. The summed E-state index contributed by atoms with van der Waals surface area (Å²) in [6, 6.07) is 18.5. The van der Waals surface area contributed by atoms with Gasteiger partial charge in [-0.05, 0) is 32.0 Å². The molecule has 0 radical (unpaired) electrons. The third-order valence-corrected chi connectivity index (χ3v) is 5.77. The van der Waals surface area contributed by atoms with E-state index < -0.39 is 9.84 Å². The first-order valence-corrected chi connectivity index (χ1v) is 10.8. The van der Waals surface area contributed by atoms with Crippen molar-refractivity contribution in [1.82, 2.24) is 9.97 Å². The Morgan fingerprint density at radius 3 is 2.32 bits per heavy atom. The summed E-state index contributed by atoms with van der Waals surface area (Å²) in [6.45, 7) is 5.71. The Hall–Kier alpha value is -2.93. The van der Waals surface area contributed by atoms with E-state index in [2.05, 4.69) is 20.6 Å². The summed E-state index contributed by atoms with van der Waals surface area (Å²) >= 11 is 0. The summed E-state index contributed by atoms with van der Waals surface area (Å²) in [5.41, 5.74) is 1.56. The minimum absolute atomic E-state index is 0.0601. The first-order chi connectivity index (χ1) is 13.4. The molecule has 0 aliphatic carbocycles. The molecule has 0 saturated carbocycles. The molecule has 1 heterocycles. The third-order valence-electron chi connectivity index (χ3n) is 4.04. The molecule has 0 amide bonds. The summed E-state index contributed by atoms with van der Waals surface area (Å²) in [4.78, 5) is 9.49. The zero-order chi connectivity index (χ0) is 20.1. The summed E-state index contributed by atoms with van der Waals surface area (Å²) in [6.07, 6.45) is 0.